The van der Waals surface area contributed by atoms with Crippen molar-refractivity contribution in [3.05, 3.63) is 182 Å². The SMILES string of the molecule is c1ccc(-c2ccccc2N(c2ccc3c4ccccc4n(-c4cccc5ccccc45)c3c2)c2cccc3c2oc2ccccc23)cc1. The number of anilines is 3. The molecule has 0 N–H and O–H groups in total. The first-order valence-corrected chi connectivity index (χ1v) is 16.7. The first kappa shape index (κ1) is 27.5. The molecule has 0 aliphatic carbocycles. The minimum Gasteiger partial charge on any atom is -0.454 e. The van der Waals surface area contributed by atoms with E-state index in [0.29, 0.717) is 0 Å². The molecule has 0 atom stereocenters. The van der Waals surface area contributed by atoms with Gasteiger partial charge in [0.15, 0.2) is 5.58 Å². The van der Waals surface area contributed by atoms with Crippen LogP contribution in [0.1, 0.15) is 0 Å². The number of benzene rings is 8. The summed E-state index contributed by atoms with van der Waals surface area (Å²) in [6.45, 7) is 0. The minimum absolute atomic E-state index is 0.862. The molecule has 3 heteroatoms. The molecule has 49 heavy (non-hydrogen) atoms. The smallest absolute Gasteiger partial charge is 0.159 e. The lowest BCUT2D eigenvalue weighted by Crippen LogP contribution is -2.11. The van der Waals surface area contributed by atoms with Gasteiger partial charge < -0.3 is 13.9 Å². The van der Waals surface area contributed by atoms with Gasteiger partial charge in [-0.05, 0) is 53.4 Å². The van der Waals surface area contributed by atoms with E-state index in [0.717, 1.165) is 61.3 Å². The second kappa shape index (κ2) is 11.0. The fourth-order valence-corrected chi connectivity index (χ4v) is 7.61. The Bertz CT molecular complexity index is 2840. The molecule has 2 heterocycles. The Labute approximate surface area is 283 Å². The number of aromatic nitrogens is 1. The van der Waals surface area contributed by atoms with Gasteiger partial charge in [-0.15, -0.1) is 0 Å². The van der Waals surface area contributed by atoms with Crippen LogP contribution in [0.2, 0.25) is 0 Å². The van der Waals surface area contributed by atoms with Crippen LogP contribution in [0.25, 0.3) is 71.3 Å². The van der Waals surface area contributed by atoms with Crippen molar-refractivity contribution >= 4 is 71.6 Å². The summed E-state index contributed by atoms with van der Waals surface area (Å²) in [6, 6.07) is 64.9. The zero-order valence-electron chi connectivity index (χ0n) is 26.6. The summed E-state index contributed by atoms with van der Waals surface area (Å²) in [4.78, 5) is 2.37. The molecule has 3 nitrogen and oxygen atoms in total. The Balaban J connectivity index is 1.30. The molecule has 0 fully saturated rings. The lowest BCUT2D eigenvalue weighted by molar-refractivity contribution is 0.669. The van der Waals surface area contributed by atoms with Gasteiger partial charge >= 0.3 is 0 Å². The van der Waals surface area contributed by atoms with Crippen molar-refractivity contribution in [2.45, 2.75) is 0 Å². The fraction of sp³-hybridized carbons (Fsp3) is 0. The van der Waals surface area contributed by atoms with Crippen LogP contribution in [0.5, 0.6) is 0 Å². The standard InChI is InChI=1S/C46H30N2O/c1-2-14-31(15-3-1)34-19-6-9-23-40(34)47(43-26-13-22-39-38-21-8-11-27-45(38)49-46(39)43)33-28-29-37-36-20-7-10-24-42(36)48(44(37)30-33)41-25-12-17-32-16-4-5-18-35(32)41/h1-30H. The van der Waals surface area contributed by atoms with Crippen LogP contribution >= 0.6 is 0 Å². The third-order valence-corrected chi connectivity index (χ3v) is 9.78. The van der Waals surface area contributed by atoms with E-state index in [-0.39, 0.29) is 0 Å². The molecule has 8 aromatic carbocycles. The molecule has 0 aliphatic rings. The van der Waals surface area contributed by atoms with E-state index >= 15 is 0 Å². The van der Waals surface area contributed by atoms with Crippen LogP contribution in [-0.2, 0) is 0 Å². The van der Waals surface area contributed by atoms with Gasteiger partial charge in [0.25, 0.3) is 0 Å². The van der Waals surface area contributed by atoms with Crippen molar-refractivity contribution in [3.63, 3.8) is 0 Å². The highest BCUT2D eigenvalue weighted by Crippen LogP contribution is 2.46. The highest BCUT2D eigenvalue weighted by Gasteiger charge is 2.23. The summed E-state index contributed by atoms with van der Waals surface area (Å²) >= 11 is 0. The summed E-state index contributed by atoms with van der Waals surface area (Å²) < 4.78 is 9.11. The topological polar surface area (TPSA) is 21.3 Å². The zero-order valence-corrected chi connectivity index (χ0v) is 26.6. The summed E-state index contributed by atoms with van der Waals surface area (Å²) in [5.74, 6) is 0. The number of furan rings is 1. The van der Waals surface area contributed by atoms with Crippen LogP contribution in [0.15, 0.2) is 186 Å². The first-order valence-electron chi connectivity index (χ1n) is 16.7. The largest absolute Gasteiger partial charge is 0.454 e. The average molecular weight is 627 g/mol. The van der Waals surface area contributed by atoms with Crippen molar-refractivity contribution in [1.29, 1.82) is 0 Å². The van der Waals surface area contributed by atoms with Gasteiger partial charge in [-0.1, -0.05) is 140 Å². The zero-order chi connectivity index (χ0) is 32.3. The van der Waals surface area contributed by atoms with Crippen molar-refractivity contribution in [3.8, 4) is 16.8 Å². The average Bonchev–Trinajstić information content (AvgIpc) is 3.71. The quantitative estimate of drug-likeness (QED) is 0.190. The molecular weight excluding hydrogens is 597 g/mol. The maximum Gasteiger partial charge on any atom is 0.159 e. The number of nitrogens with zero attached hydrogens (tertiary/aromatic N) is 2. The van der Waals surface area contributed by atoms with E-state index in [1.807, 2.05) is 6.07 Å². The second-order valence-corrected chi connectivity index (χ2v) is 12.5. The molecule has 10 aromatic rings. The van der Waals surface area contributed by atoms with Crippen molar-refractivity contribution in [1.82, 2.24) is 4.57 Å². The van der Waals surface area contributed by atoms with Gasteiger partial charge in [-0.2, -0.15) is 0 Å². The fourth-order valence-electron chi connectivity index (χ4n) is 7.61. The van der Waals surface area contributed by atoms with Gasteiger partial charge in [0.1, 0.15) is 5.58 Å². The van der Waals surface area contributed by atoms with Crippen molar-refractivity contribution in [2.75, 3.05) is 4.90 Å². The Morgan fingerprint density at radius 3 is 2.00 bits per heavy atom. The number of hydrogen-bond acceptors (Lipinski definition) is 2. The molecule has 10 rings (SSSR count). The van der Waals surface area contributed by atoms with Crippen LogP contribution in [0.3, 0.4) is 0 Å². The molecule has 0 saturated carbocycles. The van der Waals surface area contributed by atoms with Crippen LogP contribution in [0, 0.1) is 0 Å². The van der Waals surface area contributed by atoms with Gasteiger partial charge in [0.05, 0.1) is 28.1 Å². The first-order chi connectivity index (χ1) is 24.3. The molecular formula is C46H30N2O. The highest BCUT2D eigenvalue weighted by molar-refractivity contribution is 6.13. The molecule has 230 valence electrons. The van der Waals surface area contributed by atoms with Gasteiger partial charge in [0.2, 0.25) is 0 Å². The molecule has 0 bridgehead atoms. The summed E-state index contributed by atoms with van der Waals surface area (Å²) in [7, 11) is 0. The maximum atomic E-state index is 6.68. The molecule has 0 spiro atoms. The van der Waals surface area contributed by atoms with E-state index in [9.17, 15) is 0 Å². The Morgan fingerprint density at radius 2 is 1.08 bits per heavy atom. The molecule has 0 radical (unpaired) electrons. The molecule has 0 unspecified atom stereocenters. The van der Waals surface area contributed by atoms with Gasteiger partial charge in [0, 0.05) is 38.2 Å². The minimum atomic E-state index is 0.862. The predicted molar refractivity (Wildman–Crippen MR) is 206 cm³/mol. The number of para-hydroxylation sites is 4. The lowest BCUT2D eigenvalue weighted by atomic mass is 10.0. The summed E-state index contributed by atoms with van der Waals surface area (Å²) in [5, 5.41) is 7.09. The normalized spacial score (nSPS) is 11.7. The summed E-state index contributed by atoms with van der Waals surface area (Å²) in [5.41, 5.74) is 10.7. The summed E-state index contributed by atoms with van der Waals surface area (Å²) in [6.07, 6.45) is 0. The Morgan fingerprint density at radius 1 is 0.429 bits per heavy atom. The number of rotatable bonds is 5. The number of fused-ring (bicyclic) bond motifs is 7. The molecule has 0 aliphatic heterocycles. The Kier molecular flexibility index (Phi) is 6.18. The van der Waals surface area contributed by atoms with Crippen LogP contribution in [0.4, 0.5) is 17.1 Å². The highest BCUT2D eigenvalue weighted by atomic mass is 16.3. The number of hydrogen-bond donors (Lipinski definition) is 0. The van der Waals surface area contributed by atoms with E-state index in [2.05, 4.69) is 185 Å². The third-order valence-electron chi connectivity index (χ3n) is 9.78. The Hall–Kier alpha value is -6.58. The van der Waals surface area contributed by atoms with Crippen molar-refractivity contribution in [2.24, 2.45) is 0 Å². The molecule has 0 saturated heterocycles. The maximum absolute atomic E-state index is 6.68. The van der Waals surface area contributed by atoms with Gasteiger partial charge in [-0.25, -0.2) is 0 Å². The van der Waals surface area contributed by atoms with E-state index in [4.69, 9.17) is 4.42 Å². The predicted octanol–water partition coefficient (Wildman–Crippen LogP) is 13.0. The van der Waals surface area contributed by atoms with Crippen LogP contribution < -0.4 is 4.90 Å². The lowest BCUT2D eigenvalue weighted by Gasteiger charge is -2.28. The monoisotopic (exact) mass is 626 g/mol. The third kappa shape index (κ3) is 4.29. The van der Waals surface area contributed by atoms with E-state index in [1.165, 1.54) is 27.1 Å². The van der Waals surface area contributed by atoms with Gasteiger partial charge in [-0.3, -0.25) is 0 Å². The van der Waals surface area contributed by atoms with E-state index < -0.39 is 0 Å². The van der Waals surface area contributed by atoms with Crippen molar-refractivity contribution < 1.29 is 4.42 Å². The molecule has 2 aromatic heterocycles. The van der Waals surface area contributed by atoms with E-state index in [1.54, 1.807) is 0 Å². The van der Waals surface area contributed by atoms with Crippen LogP contribution in [-0.4, -0.2) is 4.57 Å². The molecule has 0 amide bonds. The second-order valence-electron chi connectivity index (χ2n) is 12.5.